The maximum absolute atomic E-state index is 11.5. The first-order chi connectivity index (χ1) is 9.37. The predicted molar refractivity (Wildman–Crippen MR) is 85.9 cm³/mol. The van der Waals surface area contributed by atoms with E-state index >= 15 is 0 Å². The molecule has 0 amide bonds. The number of ether oxygens (including phenoxy) is 1. The van der Waals surface area contributed by atoms with Crippen molar-refractivity contribution in [3.63, 3.8) is 0 Å². The summed E-state index contributed by atoms with van der Waals surface area (Å²) in [5.74, 6) is -0.413. The fourth-order valence-electron chi connectivity index (χ4n) is 1.66. The molecule has 0 saturated carbocycles. The van der Waals surface area contributed by atoms with E-state index < -0.39 is 22.0 Å². The van der Waals surface area contributed by atoms with Crippen LogP contribution in [0, 0.1) is 0 Å². The Labute approximate surface area is 132 Å². The lowest BCUT2D eigenvalue weighted by Gasteiger charge is -2.20. The molecule has 1 atom stereocenters. The smallest absolute Gasteiger partial charge is 0.309 e. The van der Waals surface area contributed by atoms with Crippen molar-refractivity contribution in [3.8, 4) is 0 Å². The van der Waals surface area contributed by atoms with E-state index in [1.54, 1.807) is 16.2 Å². The first-order valence-corrected chi connectivity index (χ1v) is 8.89. The molecule has 1 aromatic carbocycles. The fraction of sp³-hybridized carbons (Fsp3) is 0.308. The fourth-order valence-corrected chi connectivity index (χ4v) is 2.96. The maximum atomic E-state index is 11.5. The molecule has 0 aliphatic heterocycles. The van der Waals surface area contributed by atoms with Crippen molar-refractivity contribution in [1.29, 1.82) is 0 Å². The molecule has 0 fully saturated rings. The van der Waals surface area contributed by atoms with Gasteiger partial charge in [0.1, 0.15) is 0 Å². The van der Waals surface area contributed by atoms with Gasteiger partial charge in [-0.3, -0.25) is 4.79 Å². The lowest BCUT2D eigenvalue weighted by atomic mass is 9.99. The molecule has 0 spiro atoms. The van der Waals surface area contributed by atoms with Crippen LogP contribution in [0.3, 0.4) is 0 Å². The zero-order valence-corrected chi connectivity index (χ0v) is 14.1. The first kappa shape index (κ1) is 17.1. The van der Waals surface area contributed by atoms with Gasteiger partial charge in [0.25, 0.3) is 0 Å². The molecule has 0 heterocycles. The Kier molecular flexibility index (Phi) is 6.63. The van der Waals surface area contributed by atoms with E-state index in [0.717, 1.165) is 11.8 Å². The lowest BCUT2D eigenvalue weighted by molar-refractivity contribution is -0.139. The van der Waals surface area contributed by atoms with Crippen molar-refractivity contribution >= 4 is 38.6 Å². The molecule has 0 aliphatic carbocycles. The Morgan fingerprint density at radius 2 is 2.00 bits per heavy atom. The minimum absolute atomic E-state index is 0.0293. The molecule has 0 radical (unpaired) electrons. The van der Waals surface area contributed by atoms with E-state index in [1.807, 2.05) is 40.8 Å². The molecule has 0 bridgehead atoms. The SMILES string of the molecule is COC(=O)C/C(=C/I)C(NS(C)(=O)=O)c1ccccc1. The van der Waals surface area contributed by atoms with Crippen LogP contribution >= 0.6 is 22.6 Å². The summed E-state index contributed by atoms with van der Waals surface area (Å²) in [5.41, 5.74) is 1.40. The minimum atomic E-state index is -3.42. The van der Waals surface area contributed by atoms with Crippen molar-refractivity contribution in [2.75, 3.05) is 13.4 Å². The number of carbonyl (C=O) groups excluding carboxylic acids is 1. The second-order valence-corrected chi connectivity index (χ2v) is 6.57. The van der Waals surface area contributed by atoms with Gasteiger partial charge in [0.15, 0.2) is 0 Å². The molecule has 0 aromatic heterocycles. The van der Waals surface area contributed by atoms with E-state index in [-0.39, 0.29) is 6.42 Å². The van der Waals surface area contributed by atoms with Crippen molar-refractivity contribution < 1.29 is 17.9 Å². The lowest BCUT2D eigenvalue weighted by Crippen LogP contribution is -2.29. The second kappa shape index (κ2) is 7.75. The third-order valence-corrected chi connectivity index (χ3v) is 4.02. The number of nitrogens with one attached hydrogen (secondary N) is 1. The summed E-state index contributed by atoms with van der Waals surface area (Å²) in [6.45, 7) is 0. The van der Waals surface area contributed by atoms with Gasteiger partial charge in [0.05, 0.1) is 25.8 Å². The molecule has 1 aromatic rings. The highest BCUT2D eigenvalue weighted by atomic mass is 127. The van der Waals surface area contributed by atoms with E-state index in [2.05, 4.69) is 9.46 Å². The Bertz CT molecular complexity index is 584. The maximum Gasteiger partial charge on any atom is 0.309 e. The summed E-state index contributed by atoms with van der Waals surface area (Å²) in [4.78, 5) is 11.4. The molecule has 7 heteroatoms. The Balaban J connectivity index is 3.13. The van der Waals surface area contributed by atoms with Crippen LogP contribution in [0.4, 0.5) is 0 Å². The predicted octanol–water partition coefficient (Wildman–Crippen LogP) is 2.16. The van der Waals surface area contributed by atoms with Crippen LogP contribution < -0.4 is 4.72 Å². The molecule has 20 heavy (non-hydrogen) atoms. The molecular formula is C13H16INO4S. The Morgan fingerprint density at radius 3 is 2.45 bits per heavy atom. The monoisotopic (exact) mass is 409 g/mol. The summed E-state index contributed by atoms with van der Waals surface area (Å²) < 4.78 is 31.9. The molecule has 1 N–H and O–H groups in total. The molecule has 1 rings (SSSR count). The van der Waals surface area contributed by atoms with Gasteiger partial charge in [-0.05, 0) is 15.2 Å². The number of hydrogen-bond donors (Lipinski definition) is 1. The average Bonchev–Trinajstić information content (AvgIpc) is 2.42. The number of hydrogen-bond acceptors (Lipinski definition) is 4. The highest BCUT2D eigenvalue weighted by Gasteiger charge is 2.22. The summed E-state index contributed by atoms with van der Waals surface area (Å²) in [5, 5.41) is 0. The van der Waals surface area contributed by atoms with E-state index in [0.29, 0.717) is 5.57 Å². The average molecular weight is 409 g/mol. The number of carbonyl (C=O) groups is 1. The largest absolute Gasteiger partial charge is 0.469 e. The summed E-state index contributed by atoms with van der Waals surface area (Å²) in [6, 6.07) is 8.50. The summed E-state index contributed by atoms with van der Waals surface area (Å²) in [7, 11) is -2.12. The molecule has 5 nitrogen and oxygen atoms in total. The van der Waals surface area contributed by atoms with Gasteiger partial charge in [-0.25, -0.2) is 13.1 Å². The van der Waals surface area contributed by atoms with Gasteiger partial charge < -0.3 is 4.74 Å². The minimum Gasteiger partial charge on any atom is -0.469 e. The van der Waals surface area contributed by atoms with Gasteiger partial charge >= 0.3 is 5.97 Å². The van der Waals surface area contributed by atoms with Crippen molar-refractivity contribution in [1.82, 2.24) is 4.72 Å². The molecule has 0 saturated heterocycles. The van der Waals surface area contributed by atoms with E-state index in [4.69, 9.17) is 0 Å². The van der Waals surface area contributed by atoms with Crippen molar-refractivity contribution in [3.05, 3.63) is 45.6 Å². The number of sulfonamides is 1. The van der Waals surface area contributed by atoms with Gasteiger partial charge in [-0.2, -0.15) is 0 Å². The highest BCUT2D eigenvalue weighted by molar-refractivity contribution is 14.1. The summed E-state index contributed by atoms with van der Waals surface area (Å²) in [6.07, 6.45) is 1.12. The van der Waals surface area contributed by atoms with Crippen molar-refractivity contribution in [2.24, 2.45) is 0 Å². The quantitative estimate of drug-likeness (QED) is 0.578. The topological polar surface area (TPSA) is 72.5 Å². The number of benzene rings is 1. The third kappa shape index (κ3) is 5.59. The Hall–Kier alpha value is -0.930. The molecule has 110 valence electrons. The van der Waals surface area contributed by atoms with Gasteiger partial charge in [0, 0.05) is 0 Å². The van der Waals surface area contributed by atoms with Gasteiger partial charge in [-0.1, -0.05) is 52.9 Å². The van der Waals surface area contributed by atoms with Crippen LogP contribution in [-0.2, 0) is 19.6 Å². The Morgan fingerprint density at radius 1 is 1.40 bits per heavy atom. The number of halogens is 1. The van der Waals surface area contributed by atoms with Crippen molar-refractivity contribution in [2.45, 2.75) is 12.5 Å². The van der Waals surface area contributed by atoms with Crippen LogP contribution in [0.1, 0.15) is 18.0 Å². The standard InChI is InChI=1S/C13H16INO4S/c1-19-12(16)8-11(9-14)13(15-20(2,17)18)10-6-4-3-5-7-10/h3-7,9,13,15H,8H2,1-2H3/b11-9-. The number of rotatable bonds is 6. The number of methoxy groups -OCH3 is 1. The van der Waals surface area contributed by atoms with Crippen LogP contribution in [0.2, 0.25) is 0 Å². The first-order valence-electron chi connectivity index (χ1n) is 5.75. The molecule has 0 aliphatic rings. The van der Waals surface area contributed by atoms with Gasteiger partial charge in [-0.15, -0.1) is 0 Å². The summed E-state index contributed by atoms with van der Waals surface area (Å²) >= 11 is 1.99. The third-order valence-electron chi connectivity index (χ3n) is 2.55. The van der Waals surface area contributed by atoms with Gasteiger partial charge in [0.2, 0.25) is 10.0 Å². The molecular weight excluding hydrogens is 393 g/mol. The van der Waals surface area contributed by atoms with Crippen LogP contribution in [0.5, 0.6) is 0 Å². The van der Waals surface area contributed by atoms with E-state index in [1.165, 1.54) is 7.11 Å². The number of esters is 1. The van der Waals surface area contributed by atoms with Crippen LogP contribution in [0.15, 0.2) is 40.0 Å². The van der Waals surface area contributed by atoms with Crippen LogP contribution in [-0.4, -0.2) is 27.8 Å². The zero-order chi connectivity index (χ0) is 15.2. The van der Waals surface area contributed by atoms with Crippen LogP contribution in [0.25, 0.3) is 0 Å². The zero-order valence-electron chi connectivity index (χ0n) is 11.2. The van der Waals surface area contributed by atoms with E-state index in [9.17, 15) is 13.2 Å². The molecule has 1 unspecified atom stereocenters. The highest BCUT2D eigenvalue weighted by Crippen LogP contribution is 2.26. The normalized spacial score (nSPS) is 13.8. The second-order valence-electron chi connectivity index (χ2n) is 4.17.